The van der Waals surface area contributed by atoms with Crippen LogP contribution in [-0.4, -0.2) is 67.7 Å². The average Bonchev–Trinajstić information content (AvgIpc) is 2.73. The Balaban J connectivity index is 0.00000280. The van der Waals surface area contributed by atoms with Gasteiger partial charge in [-0.15, -0.1) is 12.4 Å². The van der Waals surface area contributed by atoms with E-state index in [0.717, 1.165) is 89.4 Å². The number of carbonyl (C=O) groups excluding carboxylic acids is 1. The van der Waals surface area contributed by atoms with E-state index in [9.17, 15) is 4.79 Å². The van der Waals surface area contributed by atoms with Crippen molar-refractivity contribution in [2.45, 2.75) is 51.5 Å². The standard InChI is InChI=1S/C22H34N2O3.ClH/c1-2-3-16-27-21-9-7-19(8-10-21)22(25)24-12-5-4-6-20(24)11-13-23-14-17-26-18-15-23;/h7-10,20H,2-6,11-18H2,1H3;1H. The fourth-order valence-corrected chi connectivity index (χ4v) is 3.92. The Labute approximate surface area is 175 Å². The van der Waals surface area contributed by atoms with Crippen LogP contribution in [0.2, 0.25) is 0 Å². The van der Waals surface area contributed by atoms with Crippen LogP contribution in [0.15, 0.2) is 24.3 Å². The molecule has 2 aliphatic heterocycles. The van der Waals surface area contributed by atoms with Gasteiger partial charge in [-0.3, -0.25) is 9.69 Å². The summed E-state index contributed by atoms with van der Waals surface area (Å²) in [5.41, 5.74) is 0.774. The Bertz CT molecular complexity index is 576. The number of piperidine rings is 1. The minimum atomic E-state index is 0. The van der Waals surface area contributed by atoms with Gasteiger partial charge in [0.25, 0.3) is 5.91 Å². The van der Waals surface area contributed by atoms with E-state index in [1.165, 1.54) is 6.42 Å². The molecule has 0 saturated carbocycles. The van der Waals surface area contributed by atoms with E-state index in [4.69, 9.17) is 9.47 Å². The van der Waals surface area contributed by atoms with Gasteiger partial charge < -0.3 is 14.4 Å². The number of carbonyl (C=O) groups is 1. The van der Waals surface area contributed by atoms with Crippen molar-refractivity contribution in [3.05, 3.63) is 29.8 Å². The lowest BCUT2D eigenvalue weighted by atomic mass is 9.97. The van der Waals surface area contributed by atoms with Gasteiger partial charge in [0.15, 0.2) is 0 Å². The fourth-order valence-electron chi connectivity index (χ4n) is 3.92. The van der Waals surface area contributed by atoms with Crippen LogP contribution < -0.4 is 4.74 Å². The molecular formula is C22H35ClN2O3. The number of unbranched alkanes of at least 4 members (excludes halogenated alkanes) is 1. The lowest BCUT2D eigenvalue weighted by Crippen LogP contribution is -2.46. The second kappa shape index (κ2) is 12.3. The highest BCUT2D eigenvalue weighted by Gasteiger charge is 2.28. The number of hydrogen-bond donors (Lipinski definition) is 0. The number of halogens is 1. The predicted molar refractivity (Wildman–Crippen MR) is 115 cm³/mol. The molecule has 0 bridgehead atoms. The maximum Gasteiger partial charge on any atom is 0.254 e. The van der Waals surface area contributed by atoms with Gasteiger partial charge in [0.1, 0.15) is 5.75 Å². The van der Waals surface area contributed by atoms with Crippen LogP contribution in [0.3, 0.4) is 0 Å². The highest BCUT2D eigenvalue weighted by Crippen LogP contribution is 2.23. The van der Waals surface area contributed by atoms with E-state index < -0.39 is 0 Å². The highest BCUT2D eigenvalue weighted by molar-refractivity contribution is 5.94. The molecule has 2 saturated heterocycles. The molecule has 0 radical (unpaired) electrons. The SMILES string of the molecule is CCCCOc1ccc(C(=O)N2CCCCC2CCN2CCOCC2)cc1.Cl. The molecule has 1 aromatic rings. The molecule has 0 N–H and O–H groups in total. The van der Waals surface area contributed by atoms with Crippen molar-refractivity contribution in [1.29, 1.82) is 0 Å². The van der Waals surface area contributed by atoms with Gasteiger partial charge in [0, 0.05) is 37.8 Å². The molecule has 1 atom stereocenters. The third-order valence-electron chi connectivity index (χ3n) is 5.64. The van der Waals surface area contributed by atoms with E-state index in [1.54, 1.807) is 0 Å². The monoisotopic (exact) mass is 410 g/mol. The summed E-state index contributed by atoms with van der Waals surface area (Å²) in [5.74, 6) is 1.02. The minimum absolute atomic E-state index is 0. The van der Waals surface area contributed by atoms with Crippen LogP contribution in [0.5, 0.6) is 5.75 Å². The minimum Gasteiger partial charge on any atom is -0.494 e. The number of rotatable bonds is 8. The molecule has 3 rings (SSSR count). The maximum atomic E-state index is 13.1. The molecule has 0 aromatic heterocycles. The number of benzene rings is 1. The van der Waals surface area contributed by atoms with Crippen molar-refractivity contribution in [3.8, 4) is 5.75 Å². The topological polar surface area (TPSA) is 42.0 Å². The number of ether oxygens (including phenoxy) is 2. The van der Waals surface area contributed by atoms with Gasteiger partial charge in [-0.2, -0.15) is 0 Å². The highest BCUT2D eigenvalue weighted by atomic mass is 35.5. The van der Waals surface area contributed by atoms with Crippen LogP contribution in [0.4, 0.5) is 0 Å². The average molecular weight is 411 g/mol. The van der Waals surface area contributed by atoms with Crippen molar-refractivity contribution in [3.63, 3.8) is 0 Å². The molecule has 1 unspecified atom stereocenters. The molecule has 0 spiro atoms. The second-order valence-corrected chi connectivity index (χ2v) is 7.62. The largest absolute Gasteiger partial charge is 0.494 e. The Morgan fingerprint density at radius 3 is 2.61 bits per heavy atom. The normalized spacial score (nSPS) is 20.5. The first-order valence-electron chi connectivity index (χ1n) is 10.6. The summed E-state index contributed by atoms with van der Waals surface area (Å²) in [5, 5.41) is 0. The van der Waals surface area contributed by atoms with Crippen LogP contribution in [0.1, 0.15) is 55.8 Å². The van der Waals surface area contributed by atoms with E-state index in [1.807, 2.05) is 24.3 Å². The van der Waals surface area contributed by atoms with Crippen molar-refractivity contribution >= 4 is 18.3 Å². The lowest BCUT2D eigenvalue weighted by Gasteiger charge is -2.37. The van der Waals surface area contributed by atoms with Crippen LogP contribution in [0.25, 0.3) is 0 Å². The molecule has 2 aliphatic rings. The Morgan fingerprint density at radius 1 is 1.14 bits per heavy atom. The maximum absolute atomic E-state index is 13.1. The van der Waals surface area contributed by atoms with Crippen molar-refractivity contribution in [2.75, 3.05) is 46.0 Å². The first-order chi connectivity index (χ1) is 13.3. The van der Waals surface area contributed by atoms with Crippen molar-refractivity contribution < 1.29 is 14.3 Å². The third-order valence-corrected chi connectivity index (χ3v) is 5.64. The summed E-state index contributed by atoms with van der Waals surface area (Å²) in [7, 11) is 0. The summed E-state index contributed by atoms with van der Waals surface area (Å²) in [4.78, 5) is 17.7. The zero-order chi connectivity index (χ0) is 18.9. The quantitative estimate of drug-likeness (QED) is 0.607. The molecule has 1 amide bonds. The van der Waals surface area contributed by atoms with Gasteiger partial charge in [-0.1, -0.05) is 13.3 Å². The lowest BCUT2D eigenvalue weighted by molar-refractivity contribution is 0.0295. The smallest absolute Gasteiger partial charge is 0.254 e. The molecule has 5 nitrogen and oxygen atoms in total. The van der Waals surface area contributed by atoms with Crippen LogP contribution >= 0.6 is 12.4 Å². The van der Waals surface area contributed by atoms with E-state index in [-0.39, 0.29) is 18.3 Å². The van der Waals surface area contributed by atoms with Gasteiger partial charge >= 0.3 is 0 Å². The fraction of sp³-hybridized carbons (Fsp3) is 0.682. The summed E-state index contributed by atoms with van der Waals surface area (Å²) in [6.07, 6.45) is 6.69. The zero-order valence-corrected chi connectivity index (χ0v) is 17.9. The summed E-state index contributed by atoms with van der Waals surface area (Å²) < 4.78 is 11.1. The van der Waals surface area contributed by atoms with E-state index >= 15 is 0 Å². The Hall–Kier alpha value is -1.30. The zero-order valence-electron chi connectivity index (χ0n) is 17.1. The molecule has 2 heterocycles. The molecule has 2 fully saturated rings. The molecule has 0 aliphatic carbocycles. The summed E-state index contributed by atoms with van der Waals surface area (Å²) in [6, 6.07) is 8.04. The molecule has 6 heteroatoms. The Morgan fingerprint density at radius 2 is 1.89 bits per heavy atom. The van der Waals surface area contributed by atoms with Gasteiger partial charge in [-0.25, -0.2) is 0 Å². The first kappa shape index (κ1) is 23.0. The number of hydrogen-bond acceptors (Lipinski definition) is 4. The molecule has 158 valence electrons. The van der Waals surface area contributed by atoms with E-state index in [0.29, 0.717) is 6.04 Å². The van der Waals surface area contributed by atoms with Gasteiger partial charge in [-0.05, 0) is 56.4 Å². The Kier molecular flexibility index (Phi) is 10.1. The number of amides is 1. The number of likely N-dealkylation sites (tertiary alicyclic amines) is 1. The summed E-state index contributed by atoms with van der Waals surface area (Å²) in [6.45, 7) is 8.52. The second-order valence-electron chi connectivity index (χ2n) is 7.62. The van der Waals surface area contributed by atoms with E-state index in [2.05, 4.69) is 16.7 Å². The molecule has 1 aromatic carbocycles. The third kappa shape index (κ3) is 6.64. The van der Waals surface area contributed by atoms with Gasteiger partial charge in [0.05, 0.1) is 19.8 Å². The first-order valence-corrected chi connectivity index (χ1v) is 10.6. The van der Waals surface area contributed by atoms with Gasteiger partial charge in [0.2, 0.25) is 0 Å². The van der Waals surface area contributed by atoms with Crippen LogP contribution in [-0.2, 0) is 4.74 Å². The number of morpholine rings is 1. The van der Waals surface area contributed by atoms with Crippen LogP contribution in [0, 0.1) is 0 Å². The number of nitrogens with zero attached hydrogens (tertiary/aromatic N) is 2. The predicted octanol–water partition coefficient (Wildman–Crippen LogP) is 4.00. The summed E-state index contributed by atoms with van der Waals surface area (Å²) >= 11 is 0. The molecular weight excluding hydrogens is 376 g/mol. The molecule has 28 heavy (non-hydrogen) atoms. The van der Waals surface area contributed by atoms with Crippen molar-refractivity contribution in [2.24, 2.45) is 0 Å². The van der Waals surface area contributed by atoms with Crippen molar-refractivity contribution in [1.82, 2.24) is 9.80 Å².